The predicted molar refractivity (Wildman–Crippen MR) is 76.8 cm³/mol. The number of thioether (sulfide) groups is 1. The van der Waals surface area contributed by atoms with Gasteiger partial charge in [-0.15, -0.1) is 0 Å². The molecule has 0 saturated heterocycles. The van der Waals surface area contributed by atoms with Crippen molar-refractivity contribution < 1.29 is 9.59 Å². The van der Waals surface area contributed by atoms with Gasteiger partial charge in [0.1, 0.15) is 0 Å². The van der Waals surface area contributed by atoms with E-state index in [0.717, 1.165) is 0 Å². The number of allylic oxidation sites excluding steroid dienone is 1. The smallest absolute Gasteiger partial charge is 0.222 e. The molecule has 0 radical (unpaired) electrons. The second-order valence-electron chi connectivity index (χ2n) is 4.24. The van der Waals surface area contributed by atoms with Crippen molar-refractivity contribution in [3.63, 3.8) is 0 Å². The minimum Gasteiger partial charge on any atom is -0.288 e. The number of ketones is 1. The second-order valence-corrected chi connectivity index (χ2v) is 5.48. The molecule has 0 aromatic heterocycles. The van der Waals surface area contributed by atoms with Crippen LogP contribution < -0.4 is 0 Å². The Bertz CT molecular complexity index is 447. The lowest BCUT2D eigenvalue weighted by Crippen LogP contribution is -2.12. The molecule has 1 aromatic rings. The van der Waals surface area contributed by atoms with Crippen LogP contribution in [0.3, 0.4) is 0 Å². The molecule has 0 aliphatic rings. The van der Waals surface area contributed by atoms with Crippen LogP contribution in [0, 0.1) is 5.92 Å². The zero-order chi connectivity index (χ0) is 13.5. The molecule has 0 saturated carbocycles. The normalized spacial score (nSPS) is 11.7. The molecule has 2 nitrogen and oxygen atoms in total. The van der Waals surface area contributed by atoms with E-state index in [1.807, 2.05) is 26.8 Å². The number of rotatable bonds is 5. The summed E-state index contributed by atoms with van der Waals surface area (Å²) in [6.07, 6.45) is 1.75. The number of hydrogen-bond donors (Lipinski definition) is 0. The topological polar surface area (TPSA) is 34.1 Å². The summed E-state index contributed by atoms with van der Waals surface area (Å²) in [4.78, 5) is 24.3. The van der Waals surface area contributed by atoms with Crippen molar-refractivity contribution in [1.82, 2.24) is 0 Å². The van der Waals surface area contributed by atoms with Gasteiger partial charge in [-0.25, -0.2) is 0 Å². The fourth-order valence-corrected chi connectivity index (χ4v) is 2.10. The molecule has 0 aliphatic heterocycles. The predicted octanol–water partition coefficient (Wildman–Crippen LogP) is 3.73. The van der Waals surface area contributed by atoms with Crippen LogP contribution >= 0.6 is 11.8 Å². The van der Waals surface area contributed by atoms with E-state index in [2.05, 4.69) is 0 Å². The summed E-state index contributed by atoms with van der Waals surface area (Å²) in [5.74, 6) is 0.667. The number of carbonyl (C=O) groups is 2. The molecule has 96 valence electrons. The molecule has 0 atom stereocenters. The first kappa shape index (κ1) is 14.7. The van der Waals surface area contributed by atoms with E-state index in [-0.39, 0.29) is 16.8 Å². The summed E-state index contributed by atoms with van der Waals surface area (Å²) >= 11 is 1.18. The average Bonchev–Trinajstić information content (AvgIpc) is 2.36. The lowest BCUT2D eigenvalue weighted by atomic mass is 10.0. The van der Waals surface area contributed by atoms with Crippen LogP contribution in [-0.4, -0.2) is 16.7 Å². The Balaban J connectivity index is 3.05. The molecule has 18 heavy (non-hydrogen) atoms. The van der Waals surface area contributed by atoms with Gasteiger partial charge in [-0.1, -0.05) is 68.9 Å². The molecule has 0 aliphatic carbocycles. The van der Waals surface area contributed by atoms with Crippen molar-refractivity contribution >= 4 is 22.7 Å². The highest BCUT2D eigenvalue weighted by Gasteiger charge is 2.19. The van der Waals surface area contributed by atoms with Crippen LogP contribution in [-0.2, 0) is 4.79 Å². The Morgan fingerprint density at radius 1 is 1.22 bits per heavy atom. The standard InChI is InChI=1S/C15H18O2S/c1-4-18-15(17)13(10-11(2)3)14(16)12-8-6-5-7-9-12/h5-11H,4H2,1-3H3/b13-10-. The van der Waals surface area contributed by atoms with Crippen molar-refractivity contribution in [2.24, 2.45) is 5.92 Å². The maximum absolute atomic E-state index is 12.3. The van der Waals surface area contributed by atoms with Gasteiger partial charge in [0.15, 0.2) is 5.78 Å². The molecule has 0 unspecified atom stereocenters. The minimum absolute atomic E-state index is 0.139. The third-order valence-corrected chi connectivity index (χ3v) is 3.05. The summed E-state index contributed by atoms with van der Waals surface area (Å²) in [5, 5.41) is -0.139. The summed E-state index contributed by atoms with van der Waals surface area (Å²) in [6.45, 7) is 5.83. The first-order valence-corrected chi connectivity index (χ1v) is 7.03. The number of hydrogen-bond acceptors (Lipinski definition) is 3. The van der Waals surface area contributed by atoms with E-state index in [9.17, 15) is 9.59 Å². The van der Waals surface area contributed by atoms with Crippen molar-refractivity contribution in [3.05, 3.63) is 47.5 Å². The van der Waals surface area contributed by atoms with Crippen molar-refractivity contribution in [2.45, 2.75) is 20.8 Å². The maximum atomic E-state index is 12.3. The van der Waals surface area contributed by atoms with Gasteiger partial charge in [-0.3, -0.25) is 9.59 Å². The third-order valence-electron chi connectivity index (χ3n) is 2.28. The summed E-state index contributed by atoms with van der Waals surface area (Å²) in [6, 6.07) is 8.93. The lowest BCUT2D eigenvalue weighted by molar-refractivity contribution is -0.107. The third kappa shape index (κ3) is 4.15. The molecule has 0 amide bonds. The summed E-state index contributed by atoms with van der Waals surface area (Å²) in [5.41, 5.74) is 0.859. The summed E-state index contributed by atoms with van der Waals surface area (Å²) in [7, 11) is 0. The highest BCUT2D eigenvalue weighted by molar-refractivity contribution is 8.14. The zero-order valence-electron chi connectivity index (χ0n) is 11.0. The Morgan fingerprint density at radius 2 is 1.83 bits per heavy atom. The van der Waals surface area contributed by atoms with Gasteiger partial charge in [0.25, 0.3) is 0 Å². The molecule has 0 spiro atoms. The molecular formula is C15H18O2S. The Hall–Kier alpha value is -1.35. The van der Waals surface area contributed by atoms with Crippen molar-refractivity contribution in [3.8, 4) is 0 Å². The van der Waals surface area contributed by atoms with Gasteiger partial charge >= 0.3 is 0 Å². The van der Waals surface area contributed by atoms with Gasteiger partial charge in [0, 0.05) is 5.56 Å². The van der Waals surface area contributed by atoms with Gasteiger partial charge in [0.05, 0.1) is 5.57 Å². The average molecular weight is 262 g/mol. The fraction of sp³-hybridized carbons (Fsp3) is 0.333. The van der Waals surface area contributed by atoms with E-state index < -0.39 is 0 Å². The molecule has 1 aromatic carbocycles. The van der Waals surface area contributed by atoms with Crippen LogP contribution in [0.25, 0.3) is 0 Å². The molecule has 0 fully saturated rings. The number of Topliss-reactive ketones (excluding diaryl/α,β-unsaturated/α-hetero) is 1. The van der Waals surface area contributed by atoms with E-state index in [0.29, 0.717) is 16.9 Å². The lowest BCUT2D eigenvalue weighted by Gasteiger charge is -2.06. The van der Waals surface area contributed by atoms with E-state index in [1.165, 1.54) is 11.8 Å². The SMILES string of the molecule is CCSC(=O)/C(=C\C(C)C)C(=O)c1ccccc1. The Kier molecular flexibility index (Phi) is 5.86. The number of benzene rings is 1. The van der Waals surface area contributed by atoms with E-state index in [1.54, 1.807) is 30.3 Å². The van der Waals surface area contributed by atoms with Crippen LogP contribution in [0.4, 0.5) is 0 Å². The van der Waals surface area contributed by atoms with Crippen LogP contribution in [0.2, 0.25) is 0 Å². The van der Waals surface area contributed by atoms with E-state index >= 15 is 0 Å². The second kappa shape index (κ2) is 7.17. The van der Waals surface area contributed by atoms with Crippen LogP contribution in [0.5, 0.6) is 0 Å². The zero-order valence-corrected chi connectivity index (χ0v) is 11.8. The number of carbonyl (C=O) groups excluding carboxylic acids is 2. The van der Waals surface area contributed by atoms with Crippen molar-refractivity contribution in [1.29, 1.82) is 0 Å². The minimum atomic E-state index is -0.185. The largest absolute Gasteiger partial charge is 0.288 e. The van der Waals surface area contributed by atoms with Gasteiger partial charge in [-0.05, 0) is 11.7 Å². The Labute approximate surface area is 112 Å². The molecule has 0 heterocycles. The fourth-order valence-electron chi connectivity index (χ4n) is 1.52. The first-order chi connectivity index (χ1) is 8.56. The maximum Gasteiger partial charge on any atom is 0.222 e. The van der Waals surface area contributed by atoms with Crippen LogP contribution in [0.15, 0.2) is 42.0 Å². The van der Waals surface area contributed by atoms with Gasteiger partial charge in [-0.2, -0.15) is 0 Å². The molecular weight excluding hydrogens is 244 g/mol. The molecule has 0 N–H and O–H groups in total. The van der Waals surface area contributed by atoms with Gasteiger partial charge in [0.2, 0.25) is 5.12 Å². The van der Waals surface area contributed by atoms with Crippen LogP contribution in [0.1, 0.15) is 31.1 Å². The first-order valence-electron chi connectivity index (χ1n) is 6.05. The van der Waals surface area contributed by atoms with Crippen molar-refractivity contribution in [2.75, 3.05) is 5.75 Å². The highest BCUT2D eigenvalue weighted by Crippen LogP contribution is 2.18. The molecule has 3 heteroatoms. The monoisotopic (exact) mass is 262 g/mol. The quantitative estimate of drug-likeness (QED) is 0.351. The molecule has 1 rings (SSSR count). The highest BCUT2D eigenvalue weighted by atomic mass is 32.2. The summed E-state index contributed by atoms with van der Waals surface area (Å²) < 4.78 is 0. The van der Waals surface area contributed by atoms with E-state index in [4.69, 9.17) is 0 Å². The Morgan fingerprint density at radius 3 is 2.33 bits per heavy atom. The van der Waals surface area contributed by atoms with Gasteiger partial charge < -0.3 is 0 Å². The molecule has 0 bridgehead atoms.